The molecule has 0 unspecified atom stereocenters. The maximum Gasteiger partial charge on any atom is 0.410 e. The molecule has 3 rings (SSSR count). The number of amides is 1. The lowest BCUT2D eigenvalue weighted by Crippen LogP contribution is -2.54. The third-order valence-electron chi connectivity index (χ3n) is 7.58. The second-order valence-corrected chi connectivity index (χ2v) is 19.0. The largest absolute Gasteiger partial charge is 0.444 e. The van der Waals surface area contributed by atoms with E-state index >= 15 is 0 Å². The molecular formula is C27H43NO3SSi. The Bertz CT molecular complexity index is 959. The Morgan fingerprint density at radius 1 is 1.06 bits per heavy atom. The van der Waals surface area contributed by atoms with E-state index in [1.807, 2.05) is 32.1 Å². The van der Waals surface area contributed by atoms with Crippen molar-refractivity contribution in [2.45, 2.75) is 103 Å². The van der Waals surface area contributed by atoms with Crippen LogP contribution in [0.5, 0.6) is 0 Å². The maximum atomic E-state index is 12.5. The Labute approximate surface area is 205 Å². The van der Waals surface area contributed by atoms with Crippen molar-refractivity contribution in [1.82, 2.24) is 4.90 Å². The molecule has 0 saturated carbocycles. The highest BCUT2D eigenvalue weighted by Gasteiger charge is 2.46. The number of rotatable bonds is 5. The van der Waals surface area contributed by atoms with Crippen LogP contribution in [-0.4, -0.2) is 42.9 Å². The van der Waals surface area contributed by atoms with Gasteiger partial charge in [-0.3, -0.25) is 0 Å². The van der Waals surface area contributed by atoms with Gasteiger partial charge >= 0.3 is 6.09 Å². The van der Waals surface area contributed by atoms with E-state index < -0.39 is 19.3 Å². The predicted molar refractivity (Wildman–Crippen MR) is 143 cm³/mol. The number of piperidine rings is 1. The smallest absolute Gasteiger partial charge is 0.410 e. The van der Waals surface area contributed by atoms with E-state index in [0.717, 1.165) is 5.56 Å². The van der Waals surface area contributed by atoms with Crippen LogP contribution in [0.3, 0.4) is 0 Å². The summed E-state index contributed by atoms with van der Waals surface area (Å²) >= 11 is 1.92. The topological polar surface area (TPSA) is 49.8 Å². The number of aliphatic hydroxyl groups is 1. The minimum absolute atomic E-state index is 0.289. The summed E-state index contributed by atoms with van der Waals surface area (Å²) in [5.74, 6) is 0. The van der Waals surface area contributed by atoms with E-state index in [1.54, 1.807) is 9.40 Å². The molecule has 1 aliphatic rings. The first-order chi connectivity index (χ1) is 15.2. The molecule has 0 aliphatic carbocycles. The molecule has 1 aromatic heterocycles. The monoisotopic (exact) mass is 489 g/mol. The quantitative estimate of drug-likeness (QED) is 0.460. The Morgan fingerprint density at radius 2 is 1.61 bits per heavy atom. The maximum absolute atomic E-state index is 12.5. The van der Waals surface area contributed by atoms with Crippen LogP contribution in [0.2, 0.25) is 16.6 Å². The van der Waals surface area contributed by atoms with Gasteiger partial charge < -0.3 is 14.7 Å². The molecule has 1 saturated heterocycles. The van der Waals surface area contributed by atoms with Gasteiger partial charge in [-0.1, -0.05) is 59.7 Å². The normalized spacial score (nSPS) is 17.4. The zero-order valence-corrected chi connectivity index (χ0v) is 23.8. The van der Waals surface area contributed by atoms with E-state index in [2.05, 4.69) is 65.8 Å². The van der Waals surface area contributed by atoms with Crippen LogP contribution in [0.1, 0.15) is 80.7 Å². The summed E-state index contributed by atoms with van der Waals surface area (Å²) < 4.78 is 8.32. The van der Waals surface area contributed by atoms with Gasteiger partial charge in [0.05, 0.1) is 5.60 Å². The first kappa shape index (κ1) is 26.2. The van der Waals surface area contributed by atoms with Crippen LogP contribution >= 0.6 is 11.3 Å². The number of likely N-dealkylation sites (tertiary alicyclic amines) is 1. The fourth-order valence-electron chi connectivity index (χ4n) is 6.15. The average molecular weight is 490 g/mol. The van der Waals surface area contributed by atoms with Gasteiger partial charge in [0, 0.05) is 23.4 Å². The zero-order valence-electron chi connectivity index (χ0n) is 22.0. The van der Waals surface area contributed by atoms with Crippen LogP contribution in [0.25, 0.3) is 10.1 Å². The SMILES string of the molecule is CC(C)[Si](c1cc2cccc(C3(O)CCN(C(=O)OC(C)(C)C)CC3)c2s1)(C(C)C)C(C)C. The lowest BCUT2D eigenvalue weighted by atomic mass is 9.84. The first-order valence-electron chi connectivity index (χ1n) is 12.5. The van der Waals surface area contributed by atoms with E-state index in [4.69, 9.17) is 4.74 Å². The molecule has 6 heteroatoms. The molecule has 0 spiro atoms. The first-order valence-corrected chi connectivity index (χ1v) is 15.5. The molecule has 2 aromatic rings. The molecule has 1 aliphatic heterocycles. The molecule has 4 nitrogen and oxygen atoms in total. The number of fused-ring (bicyclic) bond motifs is 1. The Hall–Kier alpha value is -1.37. The molecule has 1 aromatic carbocycles. The number of thiophene rings is 1. The standard InChI is InChI=1S/C27H43NO3SSi/c1-18(2)33(19(3)4,20(5)6)23-17-21-11-10-12-22(24(21)32-23)27(30)13-15-28(16-14-27)25(29)31-26(7,8)9/h10-12,17-20,30H,13-16H2,1-9H3. The third-order valence-corrected chi connectivity index (χ3v) is 16.7. The highest BCUT2D eigenvalue weighted by atomic mass is 32.1. The second-order valence-electron chi connectivity index (χ2n) is 11.7. The summed E-state index contributed by atoms with van der Waals surface area (Å²) in [7, 11) is -1.76. The van der Waals surface area contributed by atoms with Crippen molar-refractivity contribution in [3.63, 3.8) is 0 Å². The van der Waals surface area contributed by atoms with Crippen LogP contribution in [0, 0.1) is 0 Å². The predicted octanol–water partition coefficient (Wildman–Crippen LogP) is 7.01. The zero-order chi connectivity index (χ0) is 24.8. The minimum Gasteiger partial charge on any atom is -0.444 e. The van der Waals surface area contributed by atoms with Crippen molar-refractivity contribution < 1.29 is 14.6 Å². The summed E-state index contributed by atoms with van der Waals surface area (Å²) in [5.41, 5.74) is 1.54. The van der Waals surface area contributed by atoms with Crippen LogP contribution in [-0.2, 0) is 10.3 Å². The summed E-state index contributed by atoms with van der Waals surface area (Å²) in [5, 5.41) is 13.0. The highest BCUT2D eigenvalue weighted by Crippen LogP contribution is 2.45. The highest BCUT2D eigenvalue weighted by molar-refractivity contribution is 7.32. The van der Waals surface area contributed by atoms with Crippen molar-refractivity contribution >= 4 is 40.1 Å². The fraction of sp³-hybridized carbons (Fsp3) is 0.667. The molecule has 1 fully saturated rings. The summed E-state index contributed by atoms with van der Waals surface area (Å²) in [6.07, 6.45) is 0.766. The lowest BCUT2D eigenvalue weighted by molar-refractivity contribution is -0.0346. The molecule has 0 bridgehead atoms. The number of carbonyl (C=O) groups is 1. The molecule has 0 atom stereocenters. The van der Waals surface area contributed by atoms with Gasteiger partial charge in [0.2, 0.25) is 0 Å². The molecule has 0 radical (unpaired) electrons. The van der Waals surface area contributed by atoms with Gasteiger partial charge in [-0.15, -0.1) is 11.3 Å². The second kappa shape index (κ2) is 9.35. The number of ether oxygens (including phenoxy) is 1. The third kappa shape index (κ3) is 4.89. The average Bonchev–Trinajstić information content (AvgIpc) is 3.10. The van der Waals surface area contributed by atoms with Crippen LogP contribution < -0.4 is 4.50 Å². The number of carbonyl (C=O) groups excluding carboxylic acids is 1. The molecule has 33 heavy (non-hydrogen) atoms. The van der Waals surface area contributed by atoms with Gasteiger partial charge in [-0.25, -0.2) is 4.79 Å². The number of hydrogen-bond acceptors (Lipinski definition) is 4. The van der Waals surface area contributed by atoms with Gasteiger partial charge in [0.25, 0.3) is 0 Å². The van der Waals surface area contributed by atoms with Crippen molar-refractivity contribution in [2.24, 2.45) is 0 Å². The number of benzene rings is 1. The van der Waals surface area contributed by atoms with Gasteiger partial charge in [-0.05, 0) is 66.2 Å². The van der Waals surface area contributed by atoms with Gasteiger partial charge in [-0.2, -0.15) is 0 Å². The van der Waals surface area contributed by atoms with E-state index in [-0.39, 0.29) is 6.09 Å². The van der Waals surface area contributed by atoms with E-state index in [1.165, 1.54) is 10.1 Å². The molecule has 2 heterocycles. The van der Waals surface area contributed by atoms with Gasteiger partial charge in [0.15, 0.2) is 0 Å². The minimum atomic E-state index is -1.76. The Morgan fingerprint density at radius 3 is 2.09 bits per heavy atom. The molecule has 1 N–H and O–H groups in total. The Kier molecular flexibility index (Phi) is 7.43. The van der Waals surface area contributed by atoms with E-state index in [0.29, 0.717) is 42.6 Å². The summed E-state index contributed by atoms with van der Waals surface area (Å²) in [6.45, 7) is 21.1. The van der Waals surface area contributed by atoms with Crippen molar-refractivity contribution in [3.8, 4) is 0 Å². The van der Waals surface area contributed by atoms with Crippen molar-refractivity contribution in [3.05, 3.63) is 29.8 Å². The Balaban J connectivity index is 1.96. The number of nitrogens with zero attached hydrogens (tertiary/aromatic N) is 1. The summed E-state index contributed by atoms with van der Waals surface area (Å²) in [4.78, 5) is 14.2. The summed E-state index contributed by atoms with van der Waals surface area (Å²) in [6, 6.07) is 8.79. The molecule has 1 amide bonds. The van der Waals surface area contributed by atoms with E-state index in [9.17, 15) is 9.90 Å². The molecular weight excluding hydrogens is 446 g/mol. The van der Waals surface area contributed by atoms with Crippen LogP contribution in [0.15, 0.2) is 24.3 Å². The van der Waals surface area contributed by atoms with Gasteiger partial charge in [0.1, 0.15) is 13.7 Å². The number of hydrogen-bond donors (Lipinski definition) is 1. The van der Waals surface area contributed by atoms with Crippen molar-refractivity contribution in [2.75, 3.05) is 13.1 Å². The van der Waals surface area contributed by atoms with Crippen molar-refractivity contribution in [1.29, 1.82) is 0 Å². The molecule has 184 valence electrons. The lowest BCUT2D eigenvalue weighted by Gasteiger charge is -2.42. The van der Waals surface area contributed by atoms with Crippen LogP contribution in [0.4, 0.5) is 4.79 Å². The fourth-order valence-corrected chi connectivity index (χ4v) is 16.4.